The second-order valence-electron chi connectivity index (χ2n) is 2.42. The molecule has 0 saturated heterocycles. The molecule has 3 nitrogen and oxygen atoms in total. The molecule has 1 aromatic rings. The van der Waals surface area contributed by atoms with Crippen LogP contribution < -0.4 is 0 Å². The van der Waals surface area contributed by atoms with Crippen LogP contribution >= 0.6 is 0 Å². The third kappa shape index (κ3) is 1.90. The standard InChI is InChI=1S/C8H11NO2/c1-3-4-8-9-5-7(11-8)6(2)10/h5H,3-4H2,1-2H3. The Morgan fingerprint density at radius 3 is 2.91 bits per heavy atom. The first-order chi connectivity index (χ1) is 5.24. The fourth-order valence-corrected chi connectivity index (χ4v) is 0.802. The number of carbonyl (C=O) groups excluding carboxylic acids is 1. The maximum Gasteiger partial charge on any atom is 0.196 e. The van der Waals surface area contributed by atoms with Crippen LogP contribution in [-0.2, 0) is 6.42 Å². The average Bonchev–Trinajstić information content (AvgIpc) is 2.37. The van der Waals surface area contributed by atoms with Gasteiger partial charge in [0, 0.05) is 13.3 Å². The lowest BCUT2D eigenvalue weighted by Crippen LogP contribution is -1.86. The molecule has 1 rings (SSSR count). The molecule has 3 heteroatoms. The van der Waals surface area contributed by atoms with E-state index < -0.39 is 0 Å². The van der Waals surface area contributed by atoms with Crippen molar-refractivity contribution >= 4 is 5.78 Å². The molecule has 0 unspecified atom stereocenters. The van der Waals surface area contributed by atoms with Gasteiger partial charge in [0.1, 0.15) is 0 Å². The second-order valence-corrected chi connectivity index (χ2v) is 2.42. The molecule has 1 heterocycles. The van der Waals surface area contributed by atoms with Gasteiger partial charge in [-0.15, -0.1) is 0 Å². The lowest BCUT2D eigenvalue weighted by Gasteiger charge is -1.87. The second kappa shape index (κ2) is 3.32. The van der Waals surface area contributed by atoms with E-state index in [0.29, 0.717) is 11.7 Å². The molecule has 60 valence electrons. The molecule has 0 aliphatic carbocycles. The van der Waals surface area contributed by atoms with Gasteiger partial charge >= 0.3 is 0 Å². The monoisotopic (exact) mass is 153 g/mol. The maximum atomic E-state index is 10.7. The zero-order valence-electron chi connectivity index (χ0n) is 6.76. The largest absolute Gasteiger partial charge is 0.438 e. The Bertz CT molecular complexity index is 252. The van der Waals surface area contributed by atoms with Gasteiger partial charge in [0.2, 0.25) is 0 Å². The summed E-state index contributed by atoms with van der Waals surface area (Å²) in [5.74, 6) is 0.936. The Morgan fingerprint density at radius 1 is 1.73 bits per heavy atom. The van der Waals surface area contributed by atoms with E-state index in [9.17, 15) is 4.79 Å². The number of aryl methyl sites for hydroxylation is 1. The lowest BCUT2D eigenvalue weighted by molar-refractivity contribution is 0.0985. The van der Waals surface area contributed by atoms with Gasteiger partial charge in [0.15, 0.2) is 17.4 Å². The Morgan fingerprint density at radius 2 is 2.45 bits per heavy atom. The molecule has 0 radical (unpaired) electrons. The summed E-state index contributed by atoms with van der Waals surface area (Å²) < 4.78 is 5.12. The number of aromatic nitrogens is 1. The van der Waals surface area contributed by atoms with Gasteiger partial charge in [-0.2, -0.15) is 0 Å². The molecule has 1 aromatic heterocycles. The predicted molar refractivity (Wildman–Crippen MR) is 40.5 cm³/mol. The van der Waals surface area contributed by atoms with Crippen molar-refractivity contribution in [2.24, 2.45) is 0 Å². The normalized spacial score (nSPS) is 10.0. The van der Waals surface area contributed by atoms with Crippen LogP contribution in [0.25, 0.3) is 0 Å². The number of rotatable bonds is 3. The highest BCUT2D eigenvalue weighted by Crippen LogP contribution is 2.05. The quantitative estimate of drug-likeness (QED) is 0.622. The molecule has 0 saturated carbocycles. The predicted octanol–water partition coefficient (Wildman–Crippen LogP) is 1.83. The highest BCUT2D eigenvalue weighted by Gasteiger charge is 2.05. The highest BCUT2D eigenvalue weighted by atomic mass is 16.4. The first-order valence-electron chi connectivity index (χ1n) is 3.69. The molecular formula is C8H11NO2. The number of Topliss-reactive ketones (excluding diaryl/α,β-unsaturated/α-hetero) is 1. The van der Waals surface area contributed by atoms with Gasteiger partial charge in [-0.3, -0.25) is 4.79 Å². The summed E-state index contributed by atoms with van der Waals surface area (Å²) in [6.07, 6.45) is 3.26. The molecule has 0 aromatic carbocycles. The van der Waals surface area contributed by atoms with Crippen LogP contribution in [0.15, 0.2) is 10.6 Å². The van der Waals surface area contributed by atoms with Gasteiger partial charge in [0.25, 0.3) is 0 Å². The Hall–Kier alpha value is -1.12. The fourth-order valence-electron chi connectivity index (χ4n) is 0.802. The summed E-state index contributed by atoms with van der Waals surface area (Å²) in [6.45, 7) is 3.51. The zero-order chi connectivity index (χ0) is 8.27. The fraction of sp³-hybridized carbons (Fsp3) is 0.500. The molecule has 0 N–H and O–H groups in total. The van der Waals surface area contributed by atoms with E-state index in [-0.39, 0.29) is 5.78 Å². The zero-order valence-corrected chi connectivity index (χ0v) is 6.76. The van der Waals surface area contributed by atoms with Crippen molar-refractivity contribution in [3.8, 4) is 0 Å². The summed E-state index contributed by atoms with van der Waals surface area (Å²) in [6, 6.07) is 0. The Balaban J connectivity index is 2.73. The number of hydrogen-bond donors (Lipinski definition) is 0. The van der Waals surface area contributed by atoms with Crippen molar-refractivity contribution in [2.75, 3.05) is 0 Å². The van der Waals surface area contributed by atoms with Gasteiger partial charge in [0.05, 0.1) is 6.20 Å². The first kappa shape index (κ1) is 7.98. The topological polar surface area (TPSA) is 43.1 Å². The number of ketones is 1. The number of carbonyl (C=O) groups is 1. The summed E-state index contributed by atoms with van der Waals surface area (Å²) >= 11 is 0. The Kier molecular flexibility index (Phi) is 2.41. The smallest absolute Gasteiger partial charge is 0.196 e. The van der Waals surface area contributed by atoms with Crippen molar-refractivity contribution in [3.63, 3.8) is 0 Å². The molecular weight excluding hydrogens is 142 g/mol. The lowest BCUT2D eigenvalue weighted by atomic mass is 10.3. The minimum atomic E-state index is -0.0696. The van der Waals surface area contributed by atoms with E-state index >= 15 is 0 Å². The molecule has 0 bridgehead atoms. The van der Waals surface area contributed by atoms with Gasteiger partial charge in [-0.25, -0.2) is 4.98 Å². The summed E-state index contributed by atoms with van der Waals surface area (Å²) in [5.41, 5.74) is 0. The summed E-state index contributed by atoms with van der Waals surface area (Å²) in [5, 5.41) is 0. The maximum absolute atomic E-state index is 10.7. The van der Waals surface area contributed by atoms with E-state index in [1.54, 1.807) is 0 Å². The minimum Gasteiger partial charge on any atom is -0.438 e. The Labute approximate surface area is 65.4 Å². The molecule has 0 spiro atoms. The highest BCUT2D eigenvalue weighted by molar-refractivity contribution is 5.90. The van der Waals surface area contributed by atoms with E-state index in [0.717, 1.165) is 12.8 Å². The van der Waals surface area contributed by atoms with Crippen LogP contribution in [0.5, 0.6) is 0 Å². The SMILES string of the molecule is CCCc1ncc(C(C)=O)o1. The van der Waals surface area contributed by atoms with Crippen molar-refractivity contribution in [2.45, 2.75) is 26.7 Å². The van der Waals surface area contributed by atoms with Gasteiger partial charge in [-0.1, -0.05) is 6.92 Å². The molecule has 0 amide bonds. The molecule has 0 aliphatic rings. The average molecular weight is 153 g/mol. The molecule has 0 aliphatic heterocycles. The number of oxazole rings is 1. The summed E-state index contributed by atoms with van der Waals surface area (Å²) in [4.78, 5) is 14.7. The minimum absolute atomic E-state index is 0.0696. The van der Waals surface area contributed by atoms with Crippen LogP contribution in [0.1, 0.15) is 36.7 Å². The van der Waals surface area contributed by atoms with Crippen LogP contribution in [0.4, 0.5) is 0 Å². The van der Waals surface area contributed by atoms with Crippen LogP contribution in [0, 0.1) is 0 Å². The van der Waals surface area contributed by atoms with E-state index in [2.05, 4.69) is 4.98 Å². The van der Waals surface area contributed by atoms with E-state index in [4.69, 9.17) is 4.42 Å². The van der Waals surface area contributed by atoms with Crippen LogP contribution in [0.3, 0.4) is 0 Å². The third-order valence-corrected chi connectivity index (χ3v) is 1.36. The van der Waals surface area contributed by atoms with E-state index in [1.165, 1.54) is 13.1 Å². The van der Waals surface area contributed by atoms with Gasteiger partial charge in [-0.05, 0) is 6.42 Å². The molecule has 0 fully saturated rings. The molecule has 11 heavy (non-hydrogen) atoms. The van der Waals surface area contributed by atoms with Crippen LogP contribution in [-0.4, -0.2) is 10.8 Å². The first-order valence-corrected chi connectivity index (χ1v) is 3.69. The summed E-state index contributed by atoms with van der Waals surface area (Å²) in [7, 11) is 0. The molecule has 0 atom stereocenters. The number of nitrogens with zero attached hydrogens (tertiary/aromatic N) is 1. The van der Waals surface area contributed by atoms with Crippen molar-refractivity contribution in [3.05, 3.63) is 17.8 Å². The van der Waals surface area contributed by atoms with Gasteiger partial charge < -0.3 is 4.42 Å². The van der Waals surface area contributed by atoms with Crippen molar-refractivity contribution in [1.29, 1.82) is 0 Å². The third-order valence-electron chi connectivity index (χ3n) is 1.36. The van der Waals surface area contributed by atoms with Crippen molar-refractivity contribution in [1.82, 2.24) is 4.98 Å². The van der Waals surface area contributed by atoms with E-state index in [1.807, 2.05) is 6.92 Å². The van der Waals surface area contributed by atoms with Crippen LogP contribution in [0.2, 0.25) is 0 Å². The van der Waals surface area contributed by atoms with Crippen molar-refractivity contribution < 1.29 is 9.21 Å². The number of hydrogen-bond acceptors (Lipinski definition) is 3.